The van der Waals surface area contributed by atoms with Crippen LogP contribution in [0, 0.1) is 0 Å². The molecule has 3 N–H and O–H groups in total. The molecular formula is C11H21N3O2. The SMILES string of the molecule is CCC(C(N)=O)N1CCCCC1C(=O)NC. The maximum absolute atomic E-state index is 11.7. The Morgan fingerprint density at radius 2 is 2.19 bits per heavy atom. The van der Waals surface area contributed by atoms with Crippen molar-refractivity contribution in [1.82, 2.24) is 10.2 Å². The lowest BCUT2D eigenvalue weighted by atomic mass is 9.98. The lowest BCUT2D eigenvalue weighted by molar-refractivity contribution is -0.132. The minimum absolute atomic E-state index is 0.0144. The zero-order valence-electron chi connectivity index (χ0n) is 10.0. The number of rotatable bonds is 4. The van der Waals surface area contributed by atoms with Crippen LogP contribution >= 0.6 is 0 Å². The Hall–Kier alpha value is -1.10. The first-order chi connectivity index (χ1) is 7.61. The molecule has 2 unspecified atom stereocenters. The standard InChI is InChI=1S/C11H21N3O2/c1-3-8(10(12)15)14-7-5-4-6-9(14)11(16)13-2/h8-9H,3-7H2,1-2H3,(H2,12,15)(H,13,16). The fourth-order valence-corrected chi connectivity index (χ4v) is 2.37. The normalized spacial score (nSPS) is 23.8. The molecule has 1 aliphatic rings. The van der Waals surface area contributed by atoms with Crippen molar-refractivity contribution < 1.29 is 9.59 Å². The fraction of sp³-hybridized carbons (Fsp3) is 0.818. The topological polar surface area (TPSA) is 75.4 Å². The zero-order valence-corrected chi connectivity index (χ0v) is 10.0. The van der Waals surface area contributed by atoms with Crippen molar-refractivity contribution in [3.63, 3.8) is 0 Å². The molecule has 1 heterocycles. The van der Waals surface area contributed by atoms with E-state index in [0.717, 1.165) is 25.8 Å². The molecule has 5 nitrogen and oxygen atoms in total. The molecule has 1 aliphatic heterocycles. The van der Waals surface area contributed by atoms with Crippen LogP contribution in [0.5, 0.6) is 0 Å². The highest BCUT2D eigenvalue weighted by atomic mass is 16.2. The van der Waals surface area contributed by atoms with E-state index in [1.807, 2.05) is 11.8 Å². The number of nitrogens with one attached hydrogen (secondary N) is 1. The van der Waals surface area contributed by atoms with Gasteiger partial charge >= 0.3 is 0 Å². The van der Waals surface area contributed by atoms with E-state index >= 15 is 0 Å². The van der Waals surface area contributed by atoms with Gasteiger partial charge in [0.05, 0.1) is 12.1 Å². The number of hydrogen-bond donors (Lipinski definition) is 2. The molecule has 0 spiro atoms. The maximum Gasteiger partial charge on any atom is 0.237 e. The molecule has 0 radical (unpaired) electrons. The maximum atomic E-state index is 11.7. The van der Waals surface area contributed by atoms with Crippen molar-refractivity contribution in [3.8, 4) is 0 Å². The summed E-state index contributed by atoms with van der Waals surface area (Å²) in [6, 6.07) is -0.515. The monoisotopic (exact) mass is 227 g/mol. The molecule has 0 aromatic rings. The second-order valence-corrected chi connectivity index (χ2v) is 4.19. The van der Waals surface area contributed by atoms with Crippen molar-refractivity contribution in [1.29, 1.82) is 0 Å². The summed E-state index contributed by atoms with van der Waals surface area (Å²) in [4.78, 5) is 25.0. The van der Waals surface area contributed by atoms with Crippen molar-refractivity contribution >= 4 is 11.8 Å². The number of nitrogens with two attached hydrogens (primary N) is 1. The van der Waals surface area contributed by atoms with Gasteiger partial charge < -0.3 is 11.1 Å². The molecule has 0 aliphatic carbocycles. The number of carbonyl (C=O) groups excluding carboxylic acids is 2. The van der Waals surface area contributed by atoms with Crippen LogP contribution < -0.4 is 11.1 Å². The average Bonchev–Trinajstić information content (AvgIpc) is 2.29. The molecule has 0 saturated carbocycles. The molecule has 5 heteroatoms. The van der Waals surface area contributed by atoms with Gasteiger partial charge in [-0.3, -0.25) is 14.5 Å². The molecule has 1 fully saturated rings. The van der Waals surface area contributed by atoms with Gasteiger partial charge in [0.2, 0.25) is 11.8 Å². The van der Waals surface area contributed by atoms with Gasteiger partial charge in [-0.1, -0.05) is 13.3 Å². The molecule has 2 amide bonds. The van der Waals surface area contributed by atoms with Crippen molar-refractivity contribution in [2.75, 3.05) is 13.6 Å². The van der Waals surface area contributed by atoms with Gasteiger partial charge in [-0.2, -0.15) is 0 Å². The highest BCUT2D eigenvalue weighted by Gasteiger charge is 2.34. The Morgan fingerprint density at radius 3 is 2.69 bits per heavy atom. The van der Waals surface area contributed by atoms with Gasteiger partial charge in [0, 0.05) is 7.05 Å². The van der Waals surface area contributed by atoms with E-state index in [-0.39, 0.29) is 23.9 Å². The molecule has 0 aromatic heterocycles. The van der Waals surface area contributed by atoms with Gasteiger partial charge in [0.15, 0.2) is 0 Å². The number of primary amides is 1. The van der Waals surface area contributed by atoms with Gasteiger partial charge in [-0.15, -0.1) is 0 Å². The van der Waals surface area contributed by atoms with Gasteiger partial charge in [-0.05, 0) is 25.8 Å². The van der Waals surface area contributed by atoms with Crippen LogP contribution in [0.2, 0.25) is 0 Å². The van der Waals surface area contributed by atoms with Crippen LogP contribution in [-0.4, -0.2) is 42.4 Å². The smallest absolute Gasteiger partial charge is 0.237 e. The summed E-state index contributed by atoms with van der Waals surface area (Å²) in [5, 5.41) is 2.65. The molecular weight excluding hydrogens is 206 g/mol. The number of hydrogen-bond acceptors (Lipinski definition) is 3. The summed E-state index contributed by atoms with van der Waals surface area (Å²) < 4.78 is 0. The summed E-state index contributed by atoms with van der Waals surface area (Å²) in [7, 11) is 1.63. The molecule has 1 rings (SSSR count). The van der Waals surface area contributed by atoms with Crippen LogP contribution in [0.4, 0.5) is 0 Å². The Kier molecular flexibility index (Phi) is 4.73. The van der Waals surface area contributed by atoms with E-state index in [0.29, 0.717) is 6.42 Å². The number of likely N-dealkylation sites (N-methyl/N-ethyl adjacent to an activating group) is 1. The lowest BCUT2D eigenvalue weighted by Gasteiger charge is -2.38. The van der Waals surface area contributed by atoms with Crippen LogP contribution in [-0.2, 0) is 9.59 Å². The molecule has 2 atom stereocenters. The third-order valence-electron chi connectivity index (χ3n) is 3.21. The van der Waals surface area contributed by atoms with Crippen LogP contribution in [0.3, 0.4) is 0 Å². The predicted molar refractivity (Wildman–Crippen MR) is 61.7 cm³/mol. The summed E-state index contributed by atoms with van der Waals surface area (Å²) in [5.74, 6) is -0.349. The molecule has 0 bridgehead atoms. The first kappa shape index (κ1) is 13.0. The van der Waals surface area contributed by atoms with E-state index in [9.17, 15) is 9.59 Å². The van der Waals surface area contributed by atoms with Gasteiger partial charge in [0.25, 0.3) is 0 Å². The molecule has 92 valence electrons. The average molecular weight is 227 g/mol. The number of amides is 2. The highest BCUT2D eigenvalue weighted by Crippen LogP contribution is 2.21. The van der Waals surface area contributed by atoms with Gasteiger partial charge in [0.1, 0.15) is 0 Å². The number of likely N-dealkylation sites (tertiary alicyclic amines) is 1. The lowest BCUT2D eigenvalue weighted by Crippen LogP contribution is -2.56. The van der Waals surface area contributed by atoms with E-state index in [1.54, 1.807) is 7.05 Å². The van der Waals surface area contributed by atoms with Crippen LogP contribution in [0.25, 0.3) is 0 Å². The first-order valence-corrected chi connectivity index (χ1v) is 5.88. The Bertz CT molecular complexity index is 268. The quantitative estimate of drug-likeness (QED) is 0.701. The zero-order chi connectivity index (χ0) is 12.1. The van der Waals surface area contributed by atoms with Gasteiger partial charge in [-0.25, -0.2) is 0 Å². The van der Waals surface area contributed by atoms with E-state index < -0.39 is 0 Å². The molecule has 16 heavy (non-hydrogen) atoms. The third-order valence-corrected chi connectivity index (χ3v) is 3.21. The second kappa shape index (κ2) is 5.84. The van der Waals surface area contributed by atoms with Crippen molar-refractivity contribution in [2.45, 2.75) is 44.7 Å². The Balaban J connectivity index is 2.80. The Labute approximate surface area is 96.4 Å². The summed E-state index contributed by atoms with van der Waals surface area (Å²) in [5.41, 5.74) is 5.37. The molecule has 1 saturated heterocycles. The first-order valence-electron chi connectivity index (χ1n) is 5.88. The molecule has 0 aromatic carbocycles. The van der Waals surface area contributed by atoms with Crippen molar-refractivity contribution in [3.05, 3.63) is 0 Å². The minimum Gasteiger partial charge on any atom is -0.368 e. The number of piperidine rings is 1. The second-order valence-electron chi connectivity index (χ2n) is 4.19. The number of carbonyl (C=O) groups is 2. The Morgan fingerprint density at radius 1 is 1.50 bits per heavy atom. The highest BCUT2D eigenvalue weighted by molar-refractivity contribution is 5.84. The van der Waals surface area contributed by atoms with E-state index in [1.165, 1.54) is 0 Å². The van der Waals surface area contributed by atoms with E-state index in [2.05, 4.69) is 5.32 Å². The predicted octanol–water partition coefficient (Wildman–Crippen LogP) is -0.149. The van der Waals surface area contributed by atoms with E-state index in [4.69, 9.17) is 5.73 Å². The largest absolute Gasteiger partial charge is 0.368 e. The minimum atomic E-state index is -0.335. The third kappa shape index (κ3) is 2.72. The number of nitrogens with zero attached hydrogens (tertiary/aromatic N) is 1. The van der Waals surface area contributed by atoms with Crippen LogP contribution in [0.1, 0.15) is 32.6 Å². The summed E-state index contributed by atoms with van der Waals surface area (Å²) in [6.07, 6.45) is 3.52. The summed E-state index contributed by atoms with van der Waals surface area (Å²) >= 11 is 0. The fourth-order valence-electron chi connectivity index (χ4n) is 2.37. The van der Waals surface area contributed by atoms with Crippen molar-refractivity contribution in [2.24, 2.45) is 5.73 Å². The van der Waals surface area contributed by atoms with Crippen LogP contribution in [0.15, 0.2) is 0 Å². The summed E-state index contributed by atoms with van der Waals surface area (Å²) in [6.45, 7) is 2.70.